The summed E-state index contributed by atoms with van der Waals surface area (Å²) in [5.74, 6) is 0.685. The molecule has 0 bridgehead atoms. The van der Waals surface area contributed by atoms with Crippen molar-refractivity contribution in [3.05, 3.63) is 65.7 Å². The van der Waals surface area contributed by atoms with Gasteiger partial charge in [-0.25, -0.2) is 13.1 Å². The molecular weight excluding hydrogens is 380 g/mol. The Kier molecular flexibility index (Phi) is 7.03. The van der Waals surface area contributed by atoms with Crippen molar-refractivity contribution in [1.82, 2.24) is 9.79 Å². The van der Waals surface area contributed by atoms with Crippen molar-refractivity contribution in [2.24, 2.45) is 0 Å². The van der Waals surface area contributed by atoms with Gasteiger partial charge in [-0.1, -0.05) is 42.5 Å². The number of nitrogens with zero attached hydrogens (tertiary/aromatic N) is 1. The second-order valence-corrected chi connectivity index (χ2v) is 8.59. The summed E-state index contributed by atoms with van der Waals surface area (Å²) in [5.41, 5.74) is 1.89. The SMILES string of the molecule is COCCNS(=O)(=O)[C@H]1CON(C)[C@@H]1c1cccc(OCc2ccccc2)c1. The quantitative estimate of drug-likeness (QED) is 0.643. The van der Waals surface area contributed by atoms with Crippen molar-refractivity contribution in [2.45, 2.75) is 17.9 Å². The lowest BCUT2D eigenvalue weighted by Gasteiger charge is -2.23. The van der Waals surface area contributed by atoms with E-state index < -0.39 is 21.3 Å². The van der Waals surface area contributed by atoms with Crippen LogP contribution in [-0.4, -0.2) is 52.6 Å². The highest BCUT2D eigenvalue weighted by Gasteiger charge is 2.43. The van der Waals surface area contributed by atoms with Crippen molar-refractivity contribution >= 4 is 10.0 Å². The van der Waals surface area contributed by atoms with Gasteiger partial charge in [-0.2, -0.15) is 5.06 Å². The van der Waals surface area contributed by atoms with E-state index in [1.54, 1.807) is 12.1 Å². The predicted octanol–water partition coefficient (Wildman–Crippen LogP) is 2.12. The molecule has 1 saturated heterocycles. The first-order valence-electron chi connectivity index (χ1n) is 9.11. The zero-order chi connectivity index (χ0) is 20.0. The number of hydroxylamine groups is 2. The molecule has 1 N–H and O–H groups in total. The molecule has 3 rings (SSSR count). The zero-order valence-electron chi connectivity index (χ0n) is 16.1. The molecule has 152 valence electrons. The summed E-state index contributed by atoms with van der Waals surface area (Å²) in [7, 11) is -0.293. The molecule has 2 atom stereocenters. The van der Waals surface area contributed by atoms with Gasteiger partial charge < -0.3 is 9.47 Å². The Morgan fingerprint density at radius 1 is 1.18 bits per heavy atom. The van der Waals surface area contributed by atoms with Gasteiger partial charge in [0.05, 0.1) is 19.3 Å². The van der Waals surface area contributed by atoms with E-state index in [1.165, 1.54) is 7.11 Å². The van der Waals surface area contributed by atoms with Gasteiger partial charge in [-0.3, -0.25) is 4.84 Å². The van der Waals surface area contributed by atoms with Crippen LogP contribution in [0.3, 0.4) is 0 Å². The van der Waals surface area contributed by atoms with Crippen LogP contribution in [0, 0.1) is 0 Å². The number of rotatable bonds is 9. The predicted molar refractivity (Wildman–Crippen MR) is 106 cm³/mol. The third kappa shape index (κ3) is 5.09. The fraction of sp³-hybridized carbons (Fsp3) is 0.400. The number of benzene rings is 2. The summed E-state index contributed by atoms with van der Waals surface area (Å²) in [4.78, 5) is 5.54. The second-order valence-electron chi connectivity index (χ2n) is 6.60. The average Bonchev–Trinajstić information content (AvgIpc) is 3.10. The summed E-state index contributed by atoms with van der Waals surface area (Å²) in [6.07, 6.45) is 0. The molecule has 1 aliphatic heterocycles. The van der Waals surface area contributed by atoms with Crippen LogP contribution in [0.25, 0.3) is 0 Å². The van der Waals surface area contributed by atoms with Gasteiger partial charge in [0.1, 0.15) is 17.6 Å². The Labute approximate surface area is 166 Å². The maximum atomic E-state index is 12.7. The van der Waals surface area contributed by atoms with Crippen LogP contribution in [0.2, 0.25) is 0 Å². The van der Waals surface area contributed by atoms with E-state index >= 15 is 0 Å². The Hall–Kier alpha value is -1.97. The minimum absolute atomic E-state index is 0.0958. The third-order valence-corrected chi connectivity index (χ3v) is 6.44. The van der Waals surface area contributed by atoms with Gasteiger partial charge in [-0.15, -0.1) is 0 Å². The maximum Gasteiger partial charge on any atom is 0.218 e. The van der Waals surface area contributed by atoms with Crippen molar-refractivity contribution in [3.63, 3.8) is 0 Å². The summed E-state index contributed by atoms with van der Waals surface area (Å²) < 4.78 is 38.9. The normalized spacial score (nSPS) is 20.4. The first kappa shape index (κ1) is 20.8. The van der Waals surface area contributed by atoms with Crippen LogP contribution < -0.4 is 9.46 Å². The minimum Gasteiger partial charge on any atom is -0.489 e. The molecule has 2 aromatic carbocycles. The molecule has 1 heterocycles. The number of ether oxygens (including phenoxy) is 2. The number of methoxy groups -OCH3 is 1. The molecule has 0 saturated carbocycles. The van der Waals surface area contributed by atoms with E-state index in [1.807, 2.05) is 54.6 Å². The molecule has 0 spiro atoms. The number of nitrogens with one attached hydrogen (secondary N) is 1. The molecule has 28 heavy (non-hydrogen) atoms. The number of sulfonamides is 1. The molecule has 0 aromatic heterocycles. The van der Waals surface area contributed by atoms with Crippen LogP contribution in [0.4, 0.5) is 0 Å². The zero-order valence-corrected chi connectivity index (χ0v) is 16.9. The smallest absolute Gasteiger partial charge is 0.218 e. The lowest BCUT2D eigenvalue weighted by molar-refractivity contribution is -0.110. The van der Waals surface area contributed by atoms with Crippen LogP contribution in [0.1, 0.15) is 17.2 Å². The van der Waals surface area contributed by atoms with E-state index in [-0.39, 0.29) is 13.2 Å². The fourth-order valence-electron chi connectivity index (χ4n) is 3.20. The van der Waals surface area contributed by atoms with E-state index in [0.717, 1.165) is 11.1 Å². The van der Waals surface area contributed by atoms with Gasteiger partial charge in [0.2, 0.25) is 10.0 Å². The van der Waals surface area contributed by atoms with Crippen LogP contribution >= 0.6 is 0 Å². The molecule has 0 amide bonds. The Bertz CT molecular complexity index is 860. The Morgan fingerprint density at radius 2 is 1.96 bits per heavy atom. The molecule has 8 heteroatoms. The first-order chi connectivity index (χ1) is 13.5. The molecule has 0 aliphatic carbocycles. The van der Waals surface area contributed by atoms with E-state index in [0.29, 0.717) is 19.0 Å². The van der Waals surface area contributed by atoms with Crippen molar-refractivity contribution in [1.29, 1.82) is 0 Å². The molecule has 2 aromatic rings. The third-order valence-electron chi connectivity index (χ3n) is 4.64. The summed E-state index contributed by atoms with van der Waals surface area (Å²) >= 11 is 0. The standard InChI is InChI=1S/C20H26N2O5S/c1-22-20(19(15-27-22)28(23,24)21-11-12-25-2)17-9-6-10-18(13-17)26-14-16-7-4-3-5-8-16/h3-10,13,19-21H,11-12,14-15H2,1-2H3/t19-,20+/m0/s1. The highest BCUT2D eigenvalue weighted by atomic mass is 32.2. The molecular formula is C20H26N2O5S. The molecule has 7 nitrogen and oxygen atoms in total. The molecule has 1 aliphatic rings. The van der Waals surface area contributed by atoms with Crippen molar-refractivity contribution < 1.29 is 22.7 Å². The van der Waals surface area contributed by atoms with E-state index in [9.17, 15) is 8.42 Å². The monoisotopic (exact) mass is 406 g/mol. The van der Waals surface area contributed by atoms with Gasteiger partial charge in [0.25, 0.3) is 0 Å². The van der Waals surface area contributed by atoms with E-state index in [4.69, 9.17) is 14.3 Å². The summed E-state index contributed by atoms with van der Waals surface area (Å²) in [5, 5.41) is 0.870. The highest BCUT2D eigenvalue weighted by Crippen LogP contribution is 2.34. The van der Waals surface area contributed by atoms with Crippen molar-refractivity contribution in [2.75, 3.05) is 33.9 Å². The number of hydrogen-bond acceptors (Lipinski definition) is 6. The van der Waals surface area contributed by atoms with Gasteiger partial charge in [0, 0.05) is 20.7 Å². The topological polar surface area (TPSA) is 77.1 Å². The maximum absolute atomic E-state index is 12.7. The fourth-order valence-corrected chi connectivity index (χ4v) is 4.69. The van der Waals surface area contributed by atoms with Crippen molar-refractivity contribution in [3.8, 4) is 5.75 Å². The molecule has 0 radical (unpaired) electrons. The average molecular weight is 407 g/mol. The first-order valence-corrected chi connectivity index (χ1v) is 10.7. The molecule has 0 unspecified atom stereocenters. The van der Waals surface area contributed by atoms with Gasteiger partial charge >= 0.3 is 0 Å². The summed E-state index contributed by atoms with van der Waals surface area (Å²) in [6, 6.07) is 16.9. The largest absolute Gasteiger partial charge is 0.489 e. The van der Waals surface area contributed by atoms with E-state index in [2.05, 4.69) is 4.72 Å². The van der Waals surface area contributed by atoms with Gasteiger partial charge in [-0.05, 0) is 23.3 Å². The highest BCUT2D eigenvalue weighted by molar-refractivity contribution is 7.90. The Morgan fingerprint density at radius 3 is 2.71 bits per heavy atom. The number of hydrogen-bond donors (Lipinski definition) is 1. The summed E-state index contributed by atoms with van der Waals surface area (Å²) in [6.45, 7) is 1.09. The van der Waals surface area contributed by atoms with Crippen LogP contribution in [-0.2, 0) is 26.2 Å². The van der Waals surface area contributed by atoms with Gasteiger partial charge in [0.15, 0.2) is 0 Å². The van der Waals surface area contributed by atoms with Crippen LogP contribution in [0.15, 0.2) is 54.6 Å². The molecule has 1 fully saturated rings. The lowest BCUT2D eigenvalue weighted by Crippen LogP contribution is -2.40. The minimum atomic E-state index is -3.57. The Balaban J connectivity index is 1.75. The lowest BCUT2D eigenvalue weighted by atomic mass is 10.0. The second kappa shape index (κ2) is 9.49. The van der Waals surface area contributed by atoms with Crippen LogP contribution in [0.5, 0.6) is 5.75 Å².